The van der Waals surface area contributed by atoms with E-state index in [2.05, 4.69) is 10.4 Å². The Kier molecular flexibility index (Phi) is 2.24. The highest BCUT2D eigenvalue weighted by Gasteiger charge is 2.39. The van der Waals surface area contributed by atoms with Crippen molar-refractivity contribution in [2.24, 2.45) is 0 Å². The lowest BCUT2D eigenvalue weighted by Crippen LogP contribution is -2.36. The number of carbonyl (C=O) groups excluding carboxylic acids is 1. The second-order valence-corrected chi connectivity index (χ2v) is 2.03. The maximum atomic E-state index is 11.3. The molecule has 0 aliphatic carbocycles. The predicted molar refractivity (Wildman–Crippen MR) is 24.6 cm³/mol. The Morgan fingerprint density at radius 1 is 1.56 bits per heavy atom. The predicted octanol–water partition coefficient (Wildman–Crippen LogP) is 0.0906. The first-order valence-electron chi connectivity index (χ1n) is 1.92. The van der Waals surface area contributed by atoms with Crippen molar-refractivity contribution < 1.29 is 18.0 Å². The fourth-order valence-corrected chi connectivity index (χ4v) is 0.317. The van der Waals surface area contributed by atoms with Crippen molar-refractivity contribution >= 4 is 16.3 Å². The van der Waals surface area contributed by atoms with Crippen molar-refractivity contribution in [2.45, 2.75) is 6.18 Å². The fraction of sp³-hybridized carbons (Fsp3) is 0.667. The van der Waals surface area contributed by atoms with E-state index in [9.17, 15) is 18.0 Å². The molecule has 0 N–H and O–H groups in total. The Morgan fingerprint density at radius 3 is 1.89 bits per heavy atom. The molecule has 0 heterocycles. The molecule has 0 aromatic heterocycles. The highest BCUT2D eigenvalue weighted by Crippen LogP contribution is 2.15. The molecular formula is C3H3F3NOSi. The number of nitrogens with zero attached hydrogens (tertiary/aromatic N) is 1. The van der Waals surface area contributed by atoms with Crippen molar-refractivity contribution in [1.82, 2.24) is 4.57 Å². The van der Waals surface area contributed by atoms with Crippen LogP contribution in [-0.2, 0) is 4.79 Å². The number of hydrogen-bond donors (Lipinski definition) is 0. The molecular weight excluding hydrogens is 151 g/mol. The van der Waals surface area contributed by atoms with Crippen molar-refractivity contribution in [3.63, 3.8) is 0 Å². The fourth-order valence-electron chi connectivity index (χ4n) is 0.190. The largest absolute Gasteiger partial charge is 0.470 e. The summed E-state index contributed by atoms with van der Waals surface area (Å²) >= 11 is 0. The van der Waals surface area contributed by atoms with Crippen molar-refractivity contribution in [3.8, 4) is 0 Å². The van der Waals surface area contributed by atoms with E-state index in [1.54, 1.807) is 0 Å². The van der Waals surface area contributed by atoms with E-state index in [4.69, 9.17) is 0 Å². The van der Waals surface area contributed by atoms with Gasteiger partial charge in [-0.1, -0.05) is 0 Å². The van der Waals surface area contributed by atoms with Gasteiger partial charge in [-0.3, -0.25) is 4.79 Å². The van der Waals surface area contributed by atoms with Crippen molar-refractivity contribution in [1.29, 1.82) is 0 Å². The van der Waals surface area contributed by atoms with E-state index in [1.807, 2.05) is 0 Å². The Balaban J connectivity index is 4.06. The van der Waals surface area contributed by atoms with Gasteiger partial charge in [0.2, 0.25) is 0 Å². The van der Waals surface area contributed by atoms with E-state index in [1.165, 1.54) is 0 Å². The lowest BCUT2D eigenvalue weighted by atomic mass is 10.6. The van der Waals surface area contributed by atoms with Gasteiger partial charge < -0.3 is 4.57 Å². The summed E-state index contributed by atoms with van der Waals surface area (Å²) < 4.78 is 34.1. The first-order chi connectivity index (χ1) is 3.85. The van der Waals surface area contributed by atoms with Gasteiger partial charge in [-0.05, 0) is 0 Å². The van der Waals surface area contributed by atoms with Crippen LogP contribution in [0.1, 0.15) is 0 Å². The summed E-state index contributed by atoms with van der Waals surface area (Å²) in [5.74, 6) is -1.92. The molecule has 0 aromatic carbocycles. The van der Waals surface area contributed by atoms with E-state index in [0.29, 0.717) is 4.57 Å². The minimum atomic E-state index is -4.78. The molecule has 6 heteroatoms. The van der Waals surface area contributed by atoms with Gasteiger partial charge >= 0.3 is 12.1 Å². The number of carbonyl (C=O) groups is 1. The average Bonchev–Trinajstić information content (AvgIpc) is 1.62. The molecule has 0 atom stereocenters. The summed E-state index contributed by atoms with van der Waals surface area (Å²) in [4.78, 5) is 9.92. The van der Waals surface area contributed by atoms with Crippen LogP contribution in [0.4, 0.5) is 13.2 Å². The first kappa shape index (κ1) is 8.48. The van der Waals surface area contributed by atoms with E-state index in [-0.39, 0.29) is 0 Å². The molecule has 0 saturated heterocycles. The second kappa shape index (κ2) is 2.38. The zero-order valence-electron chi connectivity index (χ0n) is 4.49. The molecule has 0 unspecified atom stereocenters. The number of rotatable bonds is 0. The van der Waals surface area contributed by atoms with Gasteiger partial charge in [-0.2, -0.15) is 13.2 Å². The second-order valence-electron chi connectivity index (χ2n) is 1.36. The van der Waals surface area contributed by atoms with Crippen LogP contribution in [0.5, 0.6) is 0 Å². The lowest BCUT2D eigenvalue weighted by molar-refractivity contribution is -0.179. The molecule has 3 radical (unpaired) electrons. The summed E-state index contributed by atoms with van der Waals surface area (Å²) in [5, 5.41) is 0. The van der Waals surface area contributed by atoms with E-state index < -0.39 is 12.1 Å². The highest BCUT2D eigenvalue weighted by molar-refractivity contribution is 6.14. The average molecular weight is 154 g/mol. The number of alkyl halides is 3. The van der Waals surface area contributed by atoms with Crippen LogP contribution in [0.25, 0.3) is 0 Å². The van der Waals surface area contributed by atoms with Gasteiger partial charge in [0.15, 0.2) is 10.4 Å². The number of amides is 1. The summed E-state index contributed by atoms with van der Waals surface area (Å²) in [6, 6.07) is 0. The first-order valence-corrected chi connectivity index (χ1v) is 2.36. The molecule has 1 amide bonds. The molecule has 0 aromatic rings. The maximum Gasteiger partial charge on any atom is 0.470 e. The number of halogens is 3. The Bertz CT molecular complexity index is 121. The van der Waals surface area contributed by atoms with Gasteiger partial charge in [0, 0.05) is 7.05 Å². The smallest absolute Gasteiger partial charge is 0.366 e. The standard InChI is InChI=1S/C3H3F3NOSi/c1-7(9)2(8)3(4,5)6/h1H3. The highest BCUT2D eigenvalue weighted by atomic mass is 28.2. The van der Waals surface area contributed by atoms with Crippen LogP contribution < -0.4 is 0 Å². The zero-order valence-corrected chi connectivity index (χ0v) is 5.49. The third-order valence-electron chi connectivity index (χ3n) is 0.547. The molecule has 0 spiro atoms. The summed E-state index contributed by atoms with van der Waals surface area (Å²) in [5.41, 5.74) is 0. The molecule has 51 valence electrons. The number of hydrogen-bond acceptors (Lipinski definition) is 1. The zero-order chi connectivity index (χ0) is 7.65. The molecule has 2 nitrogen and oxygen atoms in total. The third-order valence-corrected chi connectivity index (χ3v) is 0.750. The normalized spacial score (nSPS) is 11.2. The van der Waals surface area contributed by atoms with Crippen LogP contribution in [-0.4, -0.2) is 34.1 Å². The van der Waals surface area contributed by atoms with Crippen molar-refractivity contribution in [2.75, 3.05) is 7.05 Å². The SMILES string of the molecule is CN([Si])C(=O)C(F)(F)F. The van der Waals surface area contributed by atoms with Crippen molar-refractivity contribution in [3.05, 3.63) is 0 Å². The quantitative estimate of drug-likeness (QED) is 0.453. The van der Waals surface area contributed by atoms with Gasteiger partial charge in [0.25, 0.3) is 0 Å². The summed E-state index contributed by atoms with van der Waals surface area (Å²) in [7, 11) is 3.35. The summed E-state index contributed by atoms with van der Waals surface area (Å²) in [6.45, 7) is 0. The van der Waals surface area contributed by atoms with Gasteiger partial charge in [0.1, 0.15) is 0 Å². The van der Waals surface area contributed by atoms with E-state index in [0.717, 1.165) is 7.05 Å². The van der Waals surface area contributed by atoms with Crippen LogP contribution in [0.15, 0.2) is 0 Å². The Hall–Kier alpha value is -0.523. The topological polar surface area (TPSA) is 20.3 Å². The van der Waals surface area contributed by atoms with Gasteiger partial charge in [-0.15, -0.1) is 0 Å². The maximum absolute atomic E-state index is 11.3. The molecule has 9 heavy (non-hydrogen) atoms. The molecule has 0 aliphatic rings. The molecule has 0 bridgehead atoms. The molecule has 0 rings (SSSR count). The van der Waals surface area contributed by atoms with Crippen LogP contribution in [0.2, 0.25) is 0 Å². The van der Waals surface area contributed by atoms with E-state index >= 15 is 0 Å². The van der Waals surface area contributed by atoms with Crippen LogP contribution in [0, 0.1) is 0 Å². The molecule has 0 fully saturated rings. The molecule has 0 saturated carbocycles. The monoisotopic (exact) mass is 154 g/mol. The third kappa shape index (κ3) is 2.50. The lowest BCUT2D eigenvalue weighted by Gasteiger charge is -2.11. The van der Waals surface area contributed by atoms with Crippen LogP contribution >= 0.6 is 0 Å². The summed E-state index contributed by atoms with van der Waals surface area (Å²) in [6.07, 6.45) is -4.78. The van der Waals surface area contributed by atoms with Gasteiger partial charge in [-0.25, -0.2) is 0 Å². The van der Waals surface area contributed by atoms with Crippen LogP contribution in [0.3, 0.4) is 0 Å². The minimum Gasteiger partial charge on any atom is -0.366 e. The Labute approximate surface area is 53.1 Å². The molecule has 0 aliphatic heterocycles. The minimum absolute atomic E-state index is 0.292. The van der Waals surface area contributed by atoms with Gasteiger partial charge in [0.05, 0.1) is 0 Å². The Morgan fingerprint density at radius 2 is 1.89 bits per heavy atom.